The van der Waals surface area contributed by atoms with Gasteiger partial charge in [-0.1, -0.05) is 18.2 Å². The molecular formula is C25H31N3O2. The predicted molar refractivity (Wildman–Crippen MR) is 123 cm³/mol. The molecule has 1 aliphatic heterocycles. The van der Waals surface area contributed by atoms with Crippen molar-refractivity contribution in [1.29, 1.82) is 0 Å². The van der Waals surface area contributed by atoms with Gasteiger partial charge < -0.3 is 14.8 Å². The number of benzene rings is 2. The van der Waals surface area contributed by atoms with Gasteiger partial charge in [0.25, 0.3) is 0 Å². The highest BCUT2D eigenvalue weighted by molar-refractivity contribution is 6.12. The summed E-state index contributed by atoms with van der Waals surface area (Å²) < 4.78 is 2.38. The molecule has 0 bridgehead atoms. The van der Waals surface area contributed by atoms with Gasteiger partial charge in [0.2, 0.25) is 11.8 Å². The van der Waals surface area contributed by atoms with Gasteiger partial charge in [-0.25, -0.2) is 0 Å². The number of piperidine rings is 1. The Morgan fingerprint density at radius 3 is 2.57 bits per heavy atom. The summed E-state index contributed by atoms with van der Waals surface area (Å²) in [5, 5.41) is 5.64. The summed E-state index contributed by atoms with van der Waals surface area (Å²) in [6.45, 7) is 11.4. The lowest BCUT2D eigenvalue weighted by Gasteiger charge is -2.31. The number of hydrogen-bond acceptors (Lipinski definition) is 2. The van der Waals surface area contributed by atoms with E-state index in [1.807, 2.05) is 0 Å². The van der Waals surface area contributed by atoms with Crippen molar-refractivity contribution in [2.45, 2.75) is 53.5 Å². The molecule has 158 valence electrons. The molecule has 1 fully saturated rings. The topological polar surface area (TPSA) is 54.3 Å². The Labute approximate surface area is 178 Å². The summed E-state index contributed by atoms with van der Waals surface area (Å²) in [5.74, 6) is -0.101. The standard InChI is InChI=1S/C25H31N3O2/c1-15(2)28-21-11-7-6-10-20(21)23-17(4)24(16(3)13-22(23)28)26-25(30)19-9-8-12-27(14-19)18(5)29/h6-7,10-11,13,15,19H,8-9,12,14H2,1-5H3,(H,26,30). The van der Waals surface area contributed by atoms with Gasteiger partial charge >= 0.3 is 0 Å². The number of fused-ring (bicyclic) bond motifs is 3. The van der Waals surface area contributed by atoms with E-state index in [4.69, 9.17) is 0 Å². The SMILES string of the molecule is CC(=O)N1CCCC(C(=O)Nc2c(C)cc3c(c2C)c2ccccc2n3C(C)C)C1. The Morgan fingerprint density at radius 1 is 1.13 bits per heavy atom. The van der Waals surface area contributed by atoms with E-state index in [2.05, 4.69) is 67.9 Å². The van der Waals surface area contributed by atoms with Gasteiger partial charge in [0.05, 0.1) is 11.4 Å². The van der Waals surface area contributed by atoms with E-state index in [0.717, 1.165) is 36.2 Å². The number of rotatable bonds is 3. The van der Waals surface area contributed by atoms with E-state index in [1.165, 1.54) is 21.8 Å². The predicted octanol–water partition coefficient (Wildman–Crippen LogP) is 5.19. The second-order valence-corrected chi connectivity index (χ2v) is 8.86. The smallest absolute Gasteiger partial charge is 0.229 e. The van der Waals surface area contributed by atoms with Crippen LogP contribution in [0, 0.1) is 19.8 Å². The molecule has 1 aliphatic rings. The van der Waals surface area contributed by atoms with Crippen molar-refractivity contribution in [3.8, 4) is 0 Å². The molecule has 0 radical (unpaired) electrons. The fraction of sp³-hybridized carbons (Fsp3) is 0.440. The summed E-state index contributed by atoms with van der Waals surface area (Å²) >= 11 is 0. The Morgan fingerprint density at radius 2 is 1.87 bits per heavy atom. The summed E-state index contributed by atoms with van der Waals surface area (Å²) in [6.07, 6.45) is 1.69. The highest BCUT2D eigenvalue weighted by Crippen LogP contribution is 2.38. The van der Waals surface area contributed by atoms with Crippen LogP contribution in [0.2, 0.25) is 0 Å². The van der Waals surface area contributed by atoms with Crippen LogP contribution >= 0.6 is 0 Å². The highest BCUT2D eigenvalue weighted by Gasteiger charge is 2.28. The zero-order valence-electron chi connectivity index (χ0n) is 18.6. The summed E-state index contributed by atoms with van der Waals surface area (Å²) in [5.41, 5.74) is 5.50. The van der Waals surface area contributed by atoms with Crippen LogP contribution in [0.15, 0.2) is 30.3 Å². The summed E-state index contributed by atoms with van der Waals surface area (Å²) in [6, 6.07) is 11.0. The molecule has 1 saturated heterocycles. The van der Waals surface area contributed by atoms with E-state index >= 15 is 0 Å². The van der Waals surface area contributed by atoms with Crippen LogP contribution in [-0.2, 0) is 9.59 Å². The van der Waals surface area contributed by atoms with Crippen LogP contribution in [0.1, 0.15) is 50.8 Å². The molecule has 1 atom stereocenters. The van der Waals surface area contributed by atoms with Crippen LogP contribution in [0.5, 0.6) is 0 Å². The van der Waals surface area contributed by atoms with Crippen molar-refractivity contribution in [2.24, 2.45) is 5.92 Å². The third-order valence-corrected chi connectivity index (χ3v) is 6.45. The van der Waals surface area contributed by atoms with Gasteiger partial charge in [-0.05, 0) is 63.8 Å². The summed E-state index contributed by atoms with van der Waals surface area (Å²) in [7, 11) is 0. The first-order valence-electron chi connectivity index (χ1n) is 10.9. The van der Waals surface area contributed by atoms with Gasteiger partial charge in [-0.2, -0.15) is 0 Å². The van der Waals surface area contributed by atoms with Gasteiger partial charge in [-0.15, -0.1) is 0 Å². The number of carbonyl (C=O) groups is 2. The lowest BCUT2D eigenvalue weighted by molar-refractivity contribution is -0.132. The molecule has 0 saturated carbocycles. The molecule has 1 unspecified atom stereocenters. The number of para-hydroxylation sites is 1. The molecule has 2 aromatic carbocycles. The van der Waals surface area contributed by atoms with Gasteiger partial charge in [-0.3, -0.25) is 9.59 Å². The van der Waals surface area contributed by atoms with Crippen LogP contribution in [0.25, 0.3) is 21.8 Å². The van der Waals surface area contributed by atoms with E-state index < -0.39 is 0 Å². The zero-order chi connectivity index (χ0) is 21.6. The Balaban J connectivity index is 1.76. The molecule has 5 nitrogen and oxygen atoms in total. The number of aromatic nitrogens is 1. The largest absolute Gasteiger partial charge is 0.342 e. The molecule has 1 aromatic heterocycles. The third kappa shape index (κ3) is 3.36. The number of nitrogens with one attached hydrogen (secondary N) is 1. The van der Waals surface area contributed by atoms with Crippen molar-refractivity contribution in [2.75, 3.05) is 18.4 Å². The maximum Gasteiger partial charge on any atom is 0.229 e. The average Bonchev–Trinajstić information content (AvgIpc) is 3.05. The minimum absolute atomic E-state index is 0.0131. The van der Waals surface area contributed by atoms with E-state index in [1.54, 1.807) is 11.8 Å². The Kier molecular flexibility index (Phi) is 5.31. The van der Waals surface area contributed by atoms with Gasteiger partial charge in [0, 0.05) is 48.0 Å². The molecule has 5 heteroatoms. The van der Waals surface area contributed by atoms with Gasteiger partial charge in [0.15, 0.2) is 0 Å². The second kappa shape index (κ2) is 7.78. The summed E-state index contributed by atoms with van der Waals surface area (Å²) in [4.78, 5) is 26.6. The van der Waals surface area contributed by atoms with Crippen molar-refractivity contribution >= 4 is 39.3 Å². The first-order chi connectivity index (χ1) is 14.3. The van der Waals surface area contributed by atoms with E-state index in [0.29, 0.717) is 12.6 Å². The Hall–Kier alpha value is -2.82. The molecule has 2 heterocycles. The van der Waals surface area contributed by atoms with Crippen LogP contribution in [0.4, 0.5) is 5.69 Å². The molecule has 0 spiro atoms. The lowest BCUT2D eigenvalue weighted by atomic mass is 9.96. The van der Waals surface area contributed by atoms with Crippen molar-refractivity contribution < 1.29 is 9.59 Å². The molecule has 30 heavy (non-hydrogen) atoms. The first kappa shape index (κ1) is 20.5. The molecular weight excluding hydrogens is 374 g/mol. The first-order valence-corrected chi connectivity index (χ1v) is 10.9. The normalized spacial score (nSPS) is 17.1. The minimum Gasteiger partial charge on any atom is -0.342 e. The number of aryl methyl sites for hydroxylation is 2. The van der Waals surface area contributed by atoms with E-state index in [-0.39, 0.29) is 17.7 Å². The fourth-order valence-electron chi connectivity index (χ4n) is 4.97. The zero-order valence-corrected chi connectivity index (χ0v) is 18.6. The number of anilines is 1. The molecule has 2 amide bonds. The number of nitrogens with zero attached hydrogens (tertiary/aromatic N) is 2. The average molecular weight is 406 g/mol. The fourth-order valence-corrected chi connectivity index (χ4v) is 4.97. The third-order valence-electron chi connectivity index (χ3n) is 6.45. The highest BCUT2D eigenvalue weighted by atomic mass is 16.2. The Bertz CT molecular complexity index is 1140. The molecule has 3 aromatic rings. The van der Waals surface area contributed by atoms with Crippen molar-refractivity contribution in [1.82, 2.24) is 9.47 Å². The van der Waals surface area contributed by atoms with E-state index in [9.17, 15) is 9.59 Å². The number of likely N-dealkylation sites (tertiary alicyclic amines) is 1. The lowest BCUT2D eigenvalue weighted by Crippen LogP contribution is -2.42. The van der Waals surface area contributed by atoms with Gasteiger partial charge in [0.1, 0.15) is 0 Å². The minimum atomic E-state index is -0.158. The van der Waals surface area contributed by atoms with Crippen LogP contribution < -0.4 is 5.32 Å². The van der Waals surface area contributed by atoms with Crippen LogP contribution in [0.3, 0.4) is 0 Å². The molecule has 0 aliphatic carbocycles. The maximum atomic E-state index is 13.1. The molecule has 4 rings (SSSR count). The quantitative estimate of drug-likeness (QED) is 0.652. The monoisotopic (exact) mass is 405 g/mol. The number of amides is 2. The number of carbonyl (C=O) groups excluding carboxylic acids is 2. The maximum absolute atomic E-state index is 13.1. The number of hydrogen-bond donors (Lipinski definition) is 1. The molecule has 1 N–H and O–H groups in total. The van der Waals surface area contributed by atoms with Crippen molar-refractivity contribution in [3.05, 3.63) is 41.5 Å². The van der Waals surface area contributed by atoms with Crippen LogP contribution in [-0.4, -0.2) is 34.4 Å². The van der Waals surface area contributed by atoms with Crippen molar-refractivity contribution in [3.63, 3.8) is 0 Å². The second-order valence-electron chi connectivity index (χ2n) is 8.86.